The molecule has 0 spiro atoms. The third kappa shape index (κ3) is 5.80. The Morgan fingerprint density at radius 3 is 2.04 bits per heavy atom. The summed E-state index contributed by atoms with van der Waals surface area (Å²) in [7, 11) is 0. The van der Waals surface area contributed by atoms with Gasteiger partial charge in [0.05, 0.1) is 11.4 Å². The Bertz CT molecular complexity index is 2620. The second-order valence-corrected chi connectivity index (χ2v) is 18.3. The smallest absolute Gasteiger partial charge is 0.0543 e. The summed E-state index contributed by atoms with van der Waals surface area (Å²) in [6.45, 7) is 4.88. The Labute approximate surface area is 339 Å². The highest BCUT2D eigenvalue weighted by atomic mass is 15.1. The van der Waals surface area contributed by atoms with Gasteiger partial charge in [-0.1, -0.05) is 161 Å². The van der Waals surface area contributed by atoms with Gasteiger partial charge in [-0.2, -0.15) is 0 Å². The molecule has 1 heteroatoms. The van der Waals surface area contributed by atoms with E-state index in [9.17, 15) is 0 Å². The standard InChI is InChI=1S/C56H53N/c1-56(2)51-22-12-10-20-47(51)49-32-33-53(54(55(49)56)43-27-26-38-14-6-7-17-41(38)36-43)57(44-30-28-40(29-31-44)50-35-37-24-25-42(50)34-37)52-23-13-11-21-48(52)46-19-9-8-18-45(46)39-15-4-3-5-16-39/h6-14,17-23,26-33,36-37,39,42,50H,3-5,15-16,24-25,34-35H2,1-2H3. The fourth-order valence-corrected chi connectivity index (χ4v) is 12.0. The molecule has 3 atom stereocenters. The third-order valence-electron chi connectivity index (χ3n) is 14.7. The fourth-order valence-electron chi connectivity index (χ4n) is 12.0. The quantitative estimate of drug-likeness (QED) is 0.157. The summed E-state index contributed by atoms with van der Waals surface area (Å²) in [4.78, 5) is 2.63. The summed E-state index contributed by atoms with van der Waals surface area (Å²) in [6.07, 6.45) is 12.2. The number of rotatable bonds is 7. The molecule has 2 bridgehead atoms. The van der Waals surface area contributed by atoms with Crippen LogP contribution in [-0.4, -0.2) is 0 Å². The molecule has 0 amide bonds. The van der Waals surface area contributed by atoms with Crippen LogP contribution in [0.15, 0.2) is 152 Å². The van der Waals surface area contributed by atoms with Crippen molar-refractivity contribution >= 4 is 27.8 Å². The van der Waals surface area contributed by atoms with E-state index in [4.69, 9.17) is 0 Å². The summed E-state index contributed by atoms with van der Waals surface area (Å²) >= 11 is 0. The van der Waals surface area contributed by atoms with E-state index in [0.717, 1.165) is 11.8 Å². The van der Waals surface area contributed by atoms with Crippen LogP contribution >= 0.6 is 0 Å². The monoisotopic (exact) mass is 739 g/mol. The lowest BCUT2D eigenvalue weighted by Crippen LogP contribution is -2.19. The van der Waals surface area contributed by atoms with Crippen LogP contribution in [0.4, 0.5) is 17.1 Å². The molecule has 3 fully saturated rings. The lowest BCUT2D eigenvalue weighted by atomic mass is 9.77. The summed E-state index contributed by atoms with van der Waals surface area (Å²) < 4.78 is 0. The van der Waals surface area contributed by atoms with Gasteiger partial charge >= 0.3 is 0 Å². The van der Waals surface area contributed by atoms with Gasteiger partial charge in [0.15, 0.2) is 0 Å². The van der Waals surface area contributed by atoms with Gasteiger partial charge in [-0.15, -0.1) is 0 Å². The molecule has 4 aliphatic rings. The molecule has 3 saturated carbocycles. The van der Waals surface area contributed by atoms with Crippen LogP contribution in [0, 0.1) is 11.8 Å². The topological polar surface area (TPSA) is 3.24 Å². The fraction of sp³-hybridized carbons (Fsp3) is 0.286. The highest BCUT2D eigenvalue weighted by molar-refractivity contribution is 6.01. The van der Waals surface area contributed by atoms with Gasteiger partial charge in [-0.25, -0.2) is 0 Å². The Morgan fingerprint density at radius 2 is 1.25 bits per heavy atom. The Hall–Kier alpha value is -5.40. The molecule has 57 heavy (non-hydrogen) atoms. The predicted molar refractivity (Wildman–Crippen MR) is 241 cm³/mol. The number of benzene rings is 7. The second-order valence-electron chi connectivity index (χ2n) is 18.3. The molecule has 11 rings (SSSR count). The van der Waals surface area contributed by atoms with Crippen molar-refractivity contribution in [3.63, 3.8) is 0 Å². The summed E-state index contributed by atoms with van der Waals surface area (Å²) in [5.41, 5.74) is 17.4. The van der Waals surface area contributed by atoms with Gasteiger partial charge in [0.25, 0.3) is 0 Å². The highest BCUT2D eigenvalue weighted by Gasteiger charge is 2.41. The molecular weight excluding hydrogens is 687 g/mol. The van der Waals surface area contributed by atoms with Crippen LogP contribution in [0.2, 0.25) is 0 Å². The average Bonchev–Trinajstić information content (AvgIpc) is 3.97. The number of anilines is 3. The van der Waals surface area contributed by atoms with Crippen LogP contribution in [0.5, 0.6) is 0 Å². The summed E-state index contributed by atoms with van der Waals surface area (Å²) in [5.74, 6) is 3.09. The number of nitrogens with zero attached hydrogens (tertiary/aromatic N) is 1. The van der Waals surface area contributed by atoms with Gasteiger partial charge in [-0.3, -0.25) is 0 Å². The van der Waals surface area contributed by atoms with Gasteiger partial charge in [0, 0.05) is 22.2 Å². The van der Waals surface area contributed by atoms with E-state index in [1.165, 1.54) is 141 Å². The van der Waals surface area contributed by atoms with Crippen molar-refractivity contribution in [3.8, 4) is 33.4 Å². The number of hydrogen-bond acceptors (Lipinski definition) is 1. The first-order valence-electron chi connectivity index (χ1n) is 21.9. The third-order valence-corrected chi connectivity index (χ3v) is 14.7. The number of hydrogen-bond donors (Lipinski definition) is 0. The normalized spacial score (nSPS) is 20.8. The van der Waals surface area contributed by atoms with Crippen LogP contribution < -0.4 is 4.90 Å². The van der Waals surface area contributed by atoms with E-state index in [-0.39, 0.29) is 5.41 Å². The van der Waals surface area contributed by atoms with Gasteiger partial charge in [-0.05, 0) is 141 Å². The first-order valence-corrected chi connectivity index (χ1v) is 21.9. The van der Waals surface area contributed by atoms with Crippen LogP contribution in [0.3, 0.4) is 0 Å². The molecule has 4 aliphatic carbocycles. The van der Waals surface area contributed by atoms with Crippen molar-refractivity contribution in [1.29, 1.82) is 0 Å². The van der Waals surface area contributed by atoms with E-state index >= 15 is 0 Å². The molecular formula is C56H53N. The number of fused-ring (bicyclic) bond motifs is 6. The Kier molecular flexibility index (Phi) is 8.50. The molecule has 1 nitrogen and oxygen atoms in total. The average molecular weight is 740 g/mol. The van der Waals surface area contributed by atoms with Crippen LogP contribution in [-0.2, 0) is 5.41 Å². The van der Waals surface area contributed by atoms with E-state index in [1.54, 1.807) is 0 Å². The summed E-state index contributed by atoms with van der Waals surface area (Å²) in [6, 6.07) is 58.4. The van der Waals surface area contributed by atoms with Gasteiger partial charge < -0.3 is 4.90 Å². The van der Waals surface area contributed by atoms with Crippen LogP contribution in [0.1, 0.15) is 106 Å². The zero-order valence-corrected chi connectivity index (χ0v) is 33.6. The van der Waals surface area contributed by atoms with E-state index in [1.807, 2.05) is 0 Å². The maximum Gasteiger partial charge on any atom is 0.0543 e. The molecule has 282 valence electrons. The van der Waals surface area contributed by atoms with Crippen molar-refractivity contribution in [3.05, 3.63) is 174 Å². The minimum absolute atomic E-state index is 0.187. The molecule has 0 heterocycles. The van der Waals surface area contributed by atoms with Gasteiger partial charge in [0.1, 0.15) is 0 Å². The minimum Gasteiger partial charge on any atom is -0.309 e. The number of para-hydroxylation sites is 1. The first kappa shape index (κ1) is 34.8. The van der Waals surface area contributed by atoms with Crippen LogP contribution in [0.25, 0.3) is 44.2 Å². The highest BCUT2D eigenvalue weighted by Crippen LogP contribution is 2.58. The van der Waals surface area contributed by atoms with Crippen molar-refractivity contribution in [2.75, 3.05) is 4.90 Å². The largest absolute Gasteiger partial charge is 0.309 e. The molecule has 0 aromatic heterocycles. The zero-order valence-electron chi connectivity index (χ0n) is 33.6. The van der Waals surface area contributed by atoms with Crippen molar-refractivity contribution in [2.24, 2.45) is 11.8 Å². The first-order chi connectivity index (χ1) is 28.0. The molecule has 7 aromatic rings. The minimum atomic E-state index is -0.187. The second kappa shape index (κ2) is 13.9. The van der Waals surface area contributed by atoms with Gasteiger partial charge in [0.2, 0.25) is 0 Å². The maximum absolute atomic E-state index is 2.63. The van der Waals surface area contributed by atoms with Crippen molar-refractivity contribution in [1.82, 2.24) is 0 Å². The molecule has 7 aromatic carbocycles. The maximum atomic E-state index is 2.63. The van der Waals surface area contributed by atoms with E-state index < -0.39 is 0 Å². The predicted octanol–water partition coefficient (Wildman–Crippen LogP) is 15.9. The van der Waals surface area contributed by atoms with Crippen molar-refractivity contribution < 1.29 is 0 Å². The Morgan fingerprint density at radius 1 is 0.526 bits per heavy atom. The SMILES string of the molecule is CC1(C)c2ccccc2-c2ccc(N(c3ccc(C4CC5CCC4C5)cc3)c3ccccc3-c3ccccc3C3CCCCC3)c(-c3ccc4ccccc4c3)c21. The zero-order chi connectivity index (χ0) is 38.1. The lowest BCUT2D eigenvalue weighted by molar-refractivity contribution is 0.420. The van der Waals surface area contributed by atoms with Crippen molar-refractivity contribution in [2.45, 2.75) is 88.9 Å². The molecule has 3 unspecified atom stereocenters. The summed E-state index contributed by atoms with van der Waals surface area (Å²) in [5, 5.41) is 2.55. The van der Waals surface area contributed by atoms with E-state index in [2.05, 4.69) is 170 Å². The Balaban J connectivity index is 1.17. The molecule has 0 saturated heterocycles. The lowest BCUT2D eigenvalue weighted by Gasteiger charge is -2.34. The van der Waals surface area contributed by atoms with E-state index in [0.29, 0.717) is 11.8 Å². The molecule has 0 N–H and O–H groups in total. The molecule has 0 aliphatic heterocycles. The molecule has 0 radical (unpaired) electrons.